The number of hydrogen-bond acceptors (Lipinski definition) is 5. The van der Waals surface area contributed by atoms with Crippen LogP contribution in [0.4, 0.5) is 9.18 Å². The fourth-order valence-corrected chi connectivity index (χ4v) is 5.13. The van der Waals surface area contributed by atoms with E-state index in [4.69, 9.17) is 25.6 Å². The van der Waals surface area contributed by atoms with E-state index in [9.17, 15) is 14.3 Å². The monoisotopic (exact) mass is 549 g/mol. The van der Waals surface area contributed by atoms with Crippen molar-refractivity contribution in [2.45, 2.75) is 44.8 Å². The van der Waals surface area contributed by atoms with Crippen LogP contribution in [0.1, 0.15) is 50.3 Å². The molecule has 0 aromatic heterocycles. The van der Waals surface area contributed by atoms with Gasteiger partial charge in [0, 0.05) is 18.0 Å². The van der Waals surface area contributed by atoms with Crippen LogP contribution in [0.25, 0.3) is 17.2 Å². The van der Waals surface area contributed by atoms with E-state index in [-0.39, 0.29) is 35.4 Å². The molecule has 3 aromatic rings. The Hall–Kier alpha value is -3.33. The number of ether oxygens (including phenoxy) is 1. The second-order valence-corrected chi connectivity index (χ2v) is 11.2. The Bertz CT molecular complexity index is 1400. The molecule has 2 N–H and O–H groups in total. The van der Waals surface area contributed by atoms with Crippen molar-refractivity contribution in [2.24, 2.45) is 0 Å². The number of hydrogen-bond donors (Lipinski definition) is 2. The van der Waals surface area contributed by atoms with E-state index >= 15 is 0 Å². The second-order valence-electron chi connectivity index (χ2n) is 10.8. The molecule has 0 spiro atoms. The van der Waals surface area contributed by atoms with Gasteiger partial charge in [0.1, 0.15) is 18.2 Å². The molecule has 39 heavy (non-hydrogen) atoms. The lowest BCUT2D eigenvalue weighted by atomic mass is 9.77. The van der Waals surface area contributed by atoms with Crippen LogP contribution in [0, 0.1) is 5.82 Å². The molecule has 0 radical (unpaired) electrons. The average Bonchev–Trinajstić information content (AvgIpc) is 3.32. The molecule has 1 aliphatic heterocycles. The van der Waals surface area contributed by atoms with Gasteiger partial charge in [0.2, 0.25) is 0 Å². The first kappa shape index (κ1) is 27.2. The lowest BCUT2D eigenvalue weighted by Gasteiger charge is -2.32. The van der Waals surface area contributed by atoms with E-state index in [0.29, 0.717) is 5.47 Å². The third-order valence-electron chi connectivity index (χ3n) is 7.74. The van der Waals surface area contributed by atoms with Crippen LogP contribution in [-0.2, 0) is 14.0 Å². The molecule has 1 amide bonds. The van der Waals surface area contributed by atoms with Crippen LogP contribution in [0.2, 0.25) is 5.02 Å². The second kappa shape index (κ2) is 10.3. The summed E-state index contributed by atoms with van der Waals surface area (Å²) < 4.78 is 32.1. The first-order valence-corrected chi connectivity index (χ1v) is 13.2. The molecule has 1 saturated heterocycles. The summed E-state index contributed by atoms with van der Waals surface area (Å²) in [5, 5.41) is 13.1. The highest BCUT2D eigenvalue weighted by molar-refractivity contribution is 6.56. The highest BCUT2D eigenvalue weighted by atomic mass is 35.5. The predicted molar refractivity (Wildman–Crippen MR) is 150 cm³/mol. The molecule has 1 heterocycles. The maximum absolute atomic E-state index is 14.1. The molecule has 0 saturated carbocycles. The van der Waals surface area contributed by atoms with Crippen molar-refractivity contribution < 1.29 is 28.3 Å². The van der Waals surface area contributed by atoms with Crippen molar-refractivity contribution in [3.63, 3.8) is 0 Å². The lowest BCUT2D eigenvalue weighted by Crippen LogP contribution is -2.41. The van der Waals surface area contributed by atoms with Crippen LogP contribution in [0.5, 0.6) is 5.75 Å². The van der Waals surface area contributed by atoms with Crippen LogP contribution in [-0.4, -0.2) is 42.7 Å². The fourth-order valence-electron chi connectivity index (χ4n) is 4.92. The lowest BCUT2D eigenvalue weighted by molar-refractivity contribution is 0.00578. The summed E-state index contributed by atoms with van der Waals surface area (Å²) in [4.78, 5) is 12.9. The Kier molecular flexibility index (Phi) is 7.22. The standard InChI is InChI=1S/C30H30BClFNO5/c1-29(2)30(3,4)39-31(38-29)19(13-18-14-20(33)15-26(32)27(18)35)16-34-28(36)37-17-25-23-11-7-5-9-21(23)22-10-6-8-12-24(22)25/h5-15,25,35H,16-17H2,1-4H3,(H,34,36). The van der Waals surface area contributed by atoms with Crippen molar-refractivity contribution in [1.29, 1.82) is 0 Å². The summed E-state index contributed by atoms with van der Waals surface area (Å²) in [7, 11) is -0.856. The molecule has 1 aliphatic carbocycles. The number of halogens is 2. The van der Waals surface area contributed by atoms with Gasteiger partial charge in [-0.3, -0.25) is 0 Å². The van der Waals surface area contributed by atoms with Gasteiger partial charge < -0.3 is 24.5 Å². The van der Waals surface area contributed by atoms with Crippen molar-refractivity contribution >= 4 is 30.9 Å². The molecule has 2 aliphatic rings. The fraction of sp³-hybridized carbons (Fsp3) is 0.300. The van der Waals surface area contributed by atoms with E-state index in [1.807, 2.05) is 52.0 Å². The van der Waals surface area contributed by atoms with E-state index in [2.05, 4.69) is 29.6 Å². The van der Waals surface area contributed by atoms with Gasteiger partial charge in [-0.25, -0.2) is 9.18 Å². The zero-order valence-electron chi connectivity index (χ0n) is 22.3. The van der Waals surface area contributed by atoms with Crippen molar-refractivity contribution in [3.8, 4) is 16.9 Å². The van der Waals surface area contributed by atoms with Gasteiger partial charge in [-0.05, 0) is 67.6 Å². The summed E-state index contributed by atoms with van der Waals surface area (Å²) in [5.41, 5.74) is 3.80. The number of carbonyl (C=O) groups excluding carboxylic acids is 1. The third-order valence-corrected chi connectivity index (χ3v) is 8.02. The first-order chi connectivity index (χ1) is 18.5. The number of aromatic hydroxyl groups is 1. The topological polar surface area (TPSA) is 77.0 Å². The van der Waals surface area contributed by atoms with Crippen molar-refractivity contribution in [1.82, 2.24) is 5.32 Å². The quantitative estimate of drug-likeness (QED) is 0.333. The van der Waals surface area contributed by atoms with Crippen molar-refractivity contribution in [2.75, 3.05) is 13.2 Å². The number of nitrogens with one attached hydrogen (secondary N) is 1. The Balaban J connectivity index is 1.33. The van der Waals surface area contributed by atoms with E-state index in [1.165, 1.54) is 6.08 Å². The molecule has 9 heteroatoms. The van der Waals surface area contributed by atoms with E-state index < -0.39 is 30.2 Å². The molecule has 1 fully saturated rings. The van der Waals surface area contributed by atoms with E-state index in [0.717, 1.165) is 34.4 Å². The SMILES string of the molecule is CC1(C)OB(C(=Cc2cc(F)cc(Cl)c2O)CNC(=O)OCC2c3ccccc3-c3ccccc32)OC1(C)C. The number of fused-ring (bicyclic) bond motifs is 3. The van der Waals surface area contributed by atoms with Gasteiger partial charge in [0.25, 0.3) is 0 Å². The minimum Gasteiger partial charge on any atom is -0.506 e. The largest absolute Gasteiger partial charge is 0.506 e. The zero-order valence-corrected chi connectivity index (χ0v) is 23.0. The third kappa shape index (κ3) is 5.29. The number of benzene rings is 3. The molecular formula is C30H30BClFNO5. The molecule has 5 rings (SSSR count). The molecule has 202 valence electrons. The molecule has 0 unspecified atom stereocenters. The molecule has 3 aromatic carbocycles. The summed E-state index contributed by atoms with van der Waals surface area (Å²) in [5.74, 6) is -0.970. The highest BCUT2D eigenvalue weighted by Crippen LogP contribution is 2.44. The Labute approximate surface area is 232 Å². The van der Waals surface area contributed by atoms with Crippen LogP contribution in [0.15, 0.2) is 66.1 Å². The number of phenols is 1. The predicted octanol–water partition coefficient (Wildman–Crippen LogP) is 6.74. The summed E-state index contributed by atoms with van der Waals surface area (Å²) in [6, 6.07) is 18.4. The van der Waals surface area contributed by atoms with Gasteiger partial charge in [-0.1, -0.05) is 66.2 Å². The highest BCUT2D eigenvalue weighted by Gasteiger charge is 2.52. The first-order valence-electron chi connectivity index (χ1n) is 12.8. The summed E-state index contributed by atoms with van der Waals surface area (Å²) in [6.07, 6.45) is 0.886. The normalized spacial score (nSPS) is 17.6. The van der Waals surface area contributed by atoms with Crippen molar-refractivity contribution in [3.05, 3.63) is 93.7 Å². The number of rotatable bonds is 6. The zero-order chi connectivity index (χ0) is 27.9. The molecular weight excluding hydrogens is 520 g/mol. The van der Waals surface area contributed by atoms with Gasteiger partial charge in [-0.2, -0.15) is 0 Å². The van der Waals surface area contributed by atoms with E-state index in [1.54, 1.807) is 0 Å². The van der Waals surface area contributed by atoms with Gasteiger partial charge in [-0.15, -0.1) is 0 Å². The summed E-state index contributed by atoms with van der Waals surface area (Å²) in [6.45, 7) is 7.75. The van der Waals surface area contributed by atoms with Crippen LogP contribution < -0.4 is 5.32 Å². The number of amides is 1. The number of phenolic OH excluding ortho intramolecular Hbond substituents is 1. The molecule has 0 atom stereocenters. The van der Waals surface area contributed by atoms with Gasteiger partial charge in [0.15, 0.2) is 0 Å². The van der Waals surface area contributed by atoms with Gasteiger partial charge >= 0.3 is 13.2 Å². The number of carbonyl (C=O) groups is 1. The van der Waals surface area contributed by atoms with Gasteiger partial charge in [0.05, 0.1) is 16.2 Å². The molecule has 6 nitrogen and oxygen atoms in total. The maximum atomic E-state index is 14.1. The Morgan fingerprint density at radius 3 is 2.21 bits per heavy atom. The summed E-state index contributed by atoms with van der Waals surface area (Å²) >= 11 is 5.98. The van der Waals surface area contributed by atoms with Crippen LogP contribution in [0.3, 0.4) is 0 Å². The molecule has 0 bridgehead atoms. The van der Waals surface area contributed by atoms with Crippen LogP contribution >= 0.6 is 11.6 Å². The maximum Gasteiger partial charge on any atom is 0.492 e. The number of alkyl carbamates (subject to hydrolysis) is 1. The Morgan fingerprint density at radius 2 is 1.62 bits per heavy atom. The smallest absolute Gasteiger partial charge is 0.492 e. The minimum atomic E-state index is -0.856. The Morgan fingerprint density at radius 1 is 1.05 bits per heavy atom. The minimum absolute atomic E-state index is 0.0267. The average molecular weight is 550 g/mol.